The zero-order chi connectivity index (χ0) is 14.4. The van der Waals surface area contributed by atoms with Gasteiger partial charge in [-0.1, -0.05) is 78.6 Å². The molecule has 1 heteroatoms. The molecule has 116 valence electrons. The van der Waals surface area contributed by atoms with Crippen molar-refractivity contribution in [2.75, 3.05) is 6.54 Å². The van der Waals surface area contributed by atoms with Crippen LogP contribution in [0.1, 0.15) is 104 Å². The van der Waals surface area contributed by atoms with Gasteiger partial charge in [0.25, 0.3) is 0 Å². The van der Waals surface area contributed by atoms with E-state index in [0.29, 0.717) is 5.41 Å². The quantitative estimate of drug-likeness (QED) is 0.381. The lowest BCUT2D eigenvalue weighted by molar-refractivity contribution is 0.227. The summed E-state index contributed by atoms with van der Waals surface area (Å²) in [6, 6.07) is 0. The Labute approximate surface area is 122 Å². The molecule has 1 atom stereocenters. The topological polar surface area (TPSA) is 26.0 Å². The summed E-state index contributed by atoms with van der Waals surface area (Å²) in [7, 11) is 0. The van der Waals surface area contributed by atoms with Gasteiger partial charge in [0.2, 0.25) is 0 Å². The first-order valence-corrected chi connectivity index (χ1v) is 8.88. The molecule has 0 amide bonds. The standard InChI is InChI=1S/C18H39N/c1-4-6-8-10-12-15-18(3,16-13-17-19)14-11-9-7-5-2/h4-17,19H2,1-3H3. The van der Waals surface area contributed by atoms with Crippen molar-refractivity contribution in [2.45, 2.75) is 104 Å². The maximum atomic E-state index is 5.71. The van der Waals surface area contributed by atoms with Crippen LogP contribution in [0.4, 0.5) is 0 Å². The second kappa shape index (κ2) is 13.0. The Morgan fingerprint density at radius 3 is 1.53 bits per heavy atom. The van der Waals surface area contributed by atoms with Gasteiger partial charge in [0.05, 0.1) is 0 Å². The van der Waals surface area contributed by atoms with Gasteiger partial charge in [-0.25, -0.2) is 0 Å². The molecule has 0 fully saturated rings. The van der Waals surface area contributed by atoms with Crippen molar-refractivity contribution in [1.82, 2.24) is 0 Å². The van der Waals surface area contributed by atoms with Crippen molar-refractivity contribution in [3.05, 3.63) is 0 Å². The highest BCUT2D eigenvalue weighted by Gasteiger charge is 2.22. The molecule has 0 bridgehead atoms. The minimum atomic E-state index is 0.569. The van der Waals surface area contributed by atoms with E-state index < -0.39 is 0 Å². The third-order valence-electron chi connectivity index (χ3n) is 4.50. The Hall–Kier alpha value is -0.0400. The SMILES string of the molecule is CCCCCCCC(C)(CCCN)CCCCCC. The predicted molar refractivity (Wildman–Crippen MR) is 88.5 cm³/mol. The summed E-state index contributed by atoms with van der Waals surface area (Å²) in [6.07, 6.45) is 18.0. The van der Waals surface area contributed by atoms with Gasteiger partial charge >= 0.3 is 0 Å². The fraction of sp³-hybridized carbons (Fsp3) is 1.00. The number of nitrogens with two attached hydrogens (primary N) is 1. The minimum absolute atomic E-state index is 0.569. The van der Waals surface area contributed by atoms with Gasteiger partial charge < -0.3 is 5.73 Å². The second-order valence-electron chi connectivity index (χ2n) is 6.68. The van der Waals surface area contributed by atoms with E-state index in [2.05, 4.69) is 20.8 Å². The van der Waals surface area contributed by atoms with E-state index in [-0.39, 0.29) is 0 Å². The average molecular weight is 270 g/mol. The van der Waals surface area contributed by atoms with Gasteiger partial charge in [0.1, 0.15) is 0 Å². The van der Waals surface area contributed by atoms with Crippen LogP contribution in [-0.4, -0.2) is 6.54 Å². The summed E-state index contributed by atoms with van der Waals surface area (Å²) in [5, 5.41) is 0. The molecule has 19 heavy (non-hydrogen) atoms. The van der Waals surface area contributed by atoms with E-state index in [1.165, 1.54) is 83.5 Å². The van der Waals surface area contributed by atoms with Gasteiger partial charge in [0.15, 0.2) is 0 Å². The smallest absolute Gasteiger partial charge is 0.00771 e. The lowest BCUT2D eigenvalue weighted by Crippen LogP contribution is -2.18. The highest BCUT2D eigenvalue weighted by molar-refractivity contribution is 4.75. The maximum Gasteiger partial charge on any atom is -0.00771 e. The maximum absolute atomic E-state index is 5.71. The van der Waals surface area contributed by atoms with Crippen molar-refractivity contribution in [2.24, 2.45) is 11.1 Å². The normalized spacial score (nSPS) is 14.5. The van der Waals surface area contributed by atoms with Crippen LogP contribution in [0.2, 0.25) is 0 Å². The zero-order valence-corrected chi connectivity index (χ0v) is 14.0. The van der Waals surface area contributed by atoms with Crippen LogP contribution < -0.4 is 5.73 Å². The molecule has 1 unspecified atom stereocenters. The molecule has 0 heterocycles. The van der Waals surface area contributed by atoms with Crippen LogP contribution in [0.15, 0.2) is 0 Å². The van der Waals surface area contributed by atoms with Crippen molar-refractivity contribution in [3.8, 4) is 0 Å². The summed E-state index contributed by atoms with van der Waals surface area (Å²) < 4.78 is 0. The molecule has 0 aliphatic carbocycles. The number of hydrogen-bond donors (Lipinski definition) is 1. The van der Waals surface area contributed by atoms with E-state index >= 15 is 0 Å². The van der Waals surface area contributed by atoms with Crippen LogP contribution in [-0.2, 0) is 0 Å². The Bertz CT molecular complexity index is 179. The summed E-state index contributed by atoms with van der Waals surface area (Å²) in [4.78, 5) is 0. The Balaban J connectivity index is 3.88. The largest absolute Gasteiger partial charge is 0.330 e. The van der Waals surface area contributed by atoms with Gasteiger partial charge in [-0.2, -0.15) is 0 Å². The predicted octanol–water partition coefficient (Wildman–Crippen LogP) is 6.06. The molecular weight excluding hydrogens is 230 g/mol. The van der Waals surface area contributed by atoms with E-state index in [4.69, 9.17) is 5.73 Å². The van der Waals surface area contributed by atoms with Crippen LogP contribution in [0.3, 0.4) is 0 Å². The molecule has 0 saturated carbocycles. The Kier molecular flexibility index (Phi) is 12.9. The highest BCUT2D eigenvalue weighted by Crippen LogP contribution is 2.35. The molecule has 1 nitrogen and oxygen atoms in total. The van der Waals surface area contributed by atoms with Gasteiger partial charge in [-0.05, 0) is 37.6 Å². The van der Waals surface area contributed by atoms with Crippen LogP contribution >= 0.6 is 0 Å². The molecule has 2 N–H and O–H groups in total. The lowest BCUT2D eigenvalue weighted by Gasteiger charge is -2.30. The van der Waals surface area contributed by atoms with Gasteiger partial charge in [-0.3, -0.25) is 0 Å². The summed E-state index contributed by atoms with van der Waals surface area (Å²) >= 11 is 0. The molecule has 0 aliphatic heterocycles. The van der Waals surface area contributed by atoms with Crippen molar-refractivity contribution >= 4 is 0 Å². The zero-order valence-electron chi connectivity index (χ0n) is 14.0. The van der Waals surface area contributed by atoms with Gasteiger partial charge in [0, 0.05) is 0 Å². The molecular formula is C18H39N. The molecule has 0 rings (SSSR count). The number of hydrogen-bond acceptors (Lipinski definition) is 1. The third-order valence-corrected chi connectivity index (χ3v) is 4.50. The number of rotatable bonds is 14. The Morgan fingerprint density at radius 2 is 1.05 bits per heavy atom. The average Bonchev–Trinajstić information content (AvgIpc) is 2.41. The molecule has 0 aromatic heterocycles. The monoisotopic (exact) mass is 269 g/mol. The van der Waals surface area contributed by atoms with Gasteiger partial charge in [-0.15, -0.1) is 0 Å². The van der Waals surface area contributed by atoms with E-state index in [9.17, 15) is 0 Å². The first-order valence-electron chi connectivity index (χ1n) is 8.88. The first kappa shape index (κ1) is 19.0. The van der Waals surface area contributed by atoms with Crippen LogP contribution in [0.25, 0.3) is 0 Å². The summed E-state index contributed by atoms with van der Waals surface area (Å²) in [5.41, 5.74) is 6.28. The molecule has 0 saturated heterocycles. The molecule has 0 radical (unpaired) electrons. The van der Waals surface area contributed by atoms with Crippen molar-refractivity contribution in [3.63, 3.8) is 0 Å². The lowest BCUT2D eigenvalue weighted by atomic mass is 9.76. The minimum Gasteiger partial charge on any atom is -0.330 e. The van der Waals surface area contributed by atoms with E-state index in [0.717, 1.165) is 6.54 Å². The second-order valence-corrected chi connectivity index (χ2v) is 6.68. The fourth-order valence-electron chi connectivity index (χ4n) is 3.04. The molecule has 0 aliphatic rings. The highest BCUT2D eigenvalue weighted by atomic mass is 14.5. The van der Waals surface area contributed by atoms with Crippen LogP contribution in [0.5, 0.6) is 0 Å². The van der Waals surface area contributed by atoms with E-state index in [1.807, 2.05) is 0 Å². The molecule has 0 aromatic carbocycles. The van der Waals surface area contributed by atoms with Crippen molar-refractivity contribution in [1.29, 1.82) is 0 Å². The summed E-state index contributed by atoms with van der Waals surface area (Å²) in [6.45, 7) is 7.95. The fourth-order valence-corrected chi connectivity index (χ4v) is 3.04. The summed E-state index contributed by atoms with van der Waals surface area (Å²) in [5.74, 6) is 0. The van der Waals surface area contributed by atoms with E-state index in [1.54, 1.807) is 0 Å². The first-order chi connectivity index (χ1) is 9.18. The number of unbranched alkanes of at least 4 members (excludes halogenated alkanes) is 7. The third kappa shape index (κ3) is 11.5. The Morgan fingerprint density at radius 1 is 0.632 bits per heavy atom. The molecule has 0 spiro atoms. The van der Waals surface area contributed by atoms with Crippen molar-refractivity contribution < 1.29 is 0 Å². The van der Waals surface area contributed by atoms with Crippen LogP contribution in [0, 0.1) is 5.41 Å². The molecule has 0 aromatic rings.